The van der Waals surface area contributed by atoms with Gasteiger partial charge in [-0.25, -0.2) is 4.98 Å². The van der Waals surface area contributed by atoms with Crippen molar-refractivity contribution in [2.24, 2.45) is 0 Å². The molecule has 0 atom stereocenters. The van der Waals surface area contributed by atoms with Crippen LogP contribution in [0.15, 0.2) is 48.5 Å². The number of para-hydroxylation sites is 1. The van der Waals surface area contributed by atoms with Crippen molar-refractivity contribution in [2.75, 3.05) is 11.9 Å². The number of rotatable bonds is 5. The average Bonchev–Trinajstić information content (AvgIpc) is 2.89. The Morgan fingerprint density at radius 2 is 2.05 bits per heavy atom. The first-order valence-corrected chi connectivity index (χ1v) is 7.94. The van der Waals surface area contributed by atoms with Crippen LogP contribution in [0.5, 0.6) is 5.75 Å². The first kappa shape index (κ1) is 14.8. The van der Waals surface area contributed by atoms with Crippen LogP contribution in [0.2, 0.25) is 5.02 Å². The van der Waals surface area contributed by atoms with Gasteiger partial charge >= 0.3 is 0 Å². The summed E-state index contributed by atoms with van der Waals surface area (Å²) in [7, 11) is 0. The molecule has 4 nitrogen and oxygen atoms in total. The number of hydrogen-bond acceptors (Lipinski definition) is 4. The lowest BCUT2D eigenvalue weighted by Gasteiger charge is -2.05. The molecule has 1 heterocycles. The number of thiazole rings is 1. The molecule has 0 aliphatic rings. The number of ether oxygens (including phenoxy) is 1. The monoisotopic (exact) mass is 332 g/mol. The maximum Gasteiger partial charge on any atom is 0.229 e. The number of halogens is 1. The third-order valence-corrected chi connectivity index (χ3v) is 4.11. The predicted octanol–water partition coefficient (Wildman–Crippen LogP) is 4.36. The van der Waals surface area contributed by atoms with Gasteiger partial charge in [0.25, 0.3) is 0 Å². The summed E-state index contributed by atoms with van der Waals surface area (Å²) >= 11 is 7.34. The predicted molar refractivity (Wildman–Crippen MR) is 89.8 cm³/mol. The number of aromatic nitrogens is 1. The molecule has 22 heavy (non-hydrogen) atoms. The number of carbonyl (C=O) groups is 1. The van der Waals surface area contributed by atoms with Gasteiger partial charge in [-0.05, 0) is 30.3 Å². The van der Waals surface area contributed by atoms with Crippen LogP contribution in [0.1, 0.15) is 6.42 Å². The quantitative estimate of drug-likeness (QED) is 0.755. The number of hydrogen-bond donors (Lipinski definition) is 1. The highest BCUT2D eigenvalue weighted by Crippen LogP contribution is 2.28. The van der Waals surface area contributed by atoms with E-state index in [1.54, 1.807) is 6.07 Å². The van der Waals surface area contributed by atoms with Crippen LogP contribution in [0.25, 0.3) is 10.2 Å². The number of carbonyl (C=O) groups excluding carboxylic acids is 1. The van der Waals surface area contributed by atoms with Crippen LogP contribution in [-0.4, -0.2) is 17.5 Å². The topological polar surface area (TPSA) is 51.2 Å². The van der Waals surface area contributed by atoms with Gasteiger partial charge in [-0.1, -0.05) is 41.1 Å². The number of fused-ring (bicyclic) bond motifs is 1. The molecule has 0 aliphatic carbocycles. The van der Waals surface area contributed by atoms with E-state index in [0.29, 0.717) is 16.8 Å². The summed E-state index contributed by atoms with van der Waals surface area (Å²) in [5.41, 5.74) is 0.824. The van der Waals surface area contributed by atoms with Crippen molar-refractivity contribution in [1.29, 1.82) is 0 Å². The second-order valence-electron chi connectivity index (χ2n) is 4.59. The Labute approximate surface area is 136 Å². The molecule has 0 radical (unpaired) electrons. The van der Waals surface area contributed by atoms with Crippen molar-refractivity contribution in [2.45, 2.75) is 6.42 Å². The SMILES string of the molecule is O=C(CCOc1ccccc1)Nc1nc2ccc(Cl)cc2s1. The van der Waals surface area contributed by atoms with Crippen LogP contribution >= 0.6 is 22.9 Å². The van der Waals surface area contributed by atoms with Gasteiger partial charge in [0.2, 0.25) is 5.91 Å². The zero-order valence-corrected chi connectivity index (χ0v) is 13.2. The Morgan fingerprint density at radius 3 is 2.86 bits per heavy atom. The van der Waals surface area contributed by atoms with E-state index in [4.69, 9.17) is 16.3 Å². The van der Waals surface area contributed by atoms with Crippen LogP contribution in [-0.2, 0) is 4.79 Å². The highest BCUT2D eigenvalue weighted by molar-refractivity contribution is 7.22. The molecule has 0 saturated heterocycles. The minimum atomic E-state index is -0.124. The van der Waals surface area contributed by atoms with E-state index in [2.05, 4.69) is 10.3 Å². The third kappa shape index (κ3) is 3.75. The number of amides is 1. The zero-order chi connectivity index (χ0) is 15.4. The smallest absolute Gasteiger partial charge is 0.229 e. The summed E-state index contributed by atoms with van der Waals surface area (Å²) in [6.45, 7) is 0.326. The molecule has 0 fully saturated rings. The van der Waals surface area contributed by atoms with E-state index in [1.165, 1.54) is 11.3 Å². The standard InChI is InChI=1S/C16H13ClN2O2S/c17-11-6-7-13-14(10-11)22-16(18-13)19-15(20)8-9-21-12-4-2-1-3-5-12/h1-7,10H,8-9H2,(H,18,19,20). The molecule has 2 aromatic carbocycles. The van der Waals surface area contributed by atoms with Crippen LogP contribution in [0.3, 0.4) is 0 Å². The van der Waals surface area contributed by atoms with E-state index in [1.807, 2.05) is 42.5 Å². The largest absolute Gasteiger partial charge is 0.493 e. The molecule has 6 heteroatoms. The van der Waals surface area contributed by atoms with Crippen molar-refractivity contribution in [3.8, 4) is 5.75 Å². The summed E-state index contributed by atoms with van der Waals surface area (Å²) in [5.74, 6) is 0.631. The molecule has 1 N–H and O–H groups in total. The molecule has 112 valence electrons. The van der Waals surface area contributed by atoms with Gasteiger partial charge in [0.1, 0.15) is 5.75 Å². The molecule has 0 bridgehead atoms. The molecule has 0 aliphatic heterocycles. The van der Waals surface area contributed by atoms with Gasteiger partial charge in [0.15, 0.2) is 5.13 Å². The summed E-state index contributed by atoms with van der Waals surface area (Å²) in [6.07, 6.45) is 0.269. The van der Waals surface area contributed by atoms with E-state index < -0.39 is 0 Å². The van der Waals surface area contributed by atoms with Crippen molar-refractivity contribution < 1.29 is 9.53 Å². The van der Waals surface area contributed by atoms with Crippen molar-refractivity contribution in [1.82, 2.24) is 4.98 Å². The fourth-order valence-electron chi connectivity index (χ4n) is 1.91. The summed E-state index contributed by atoms with van der Waals surface area (Å²) in [6, 6.07) is 14.9. The molecule has 0 spiro atoms. The second-order valence-corrected chi connectivity index (χ2v) is 6.06. The molecular formula is C16H13ClN2O2S. The number of nitrogens with one attached hydrogen (secondary N) is 1. The normalized spacial score (nSPS) is 10.6. The Kier molecular flexibility index (Phi) is 4.56. The molecular weight excluding hydrogens is 320 g/mol. The Bertz CT molecular complexity index is 789. The number of benzene rings is 2. The summed E-state index contributed by atoms with van der Waals surface area (Å²) in [4.78, 5) is 16.2. The van der Waals surface area contributed by atoms with E-state index >= 15 is 0 Å². The van der Waals surface area contributed by atoms with Crippen LogP contribution < -0.4 is 10.1 Å². The van der Waals surface area contributed by atoms with Gasteiger partial charge in [-0.15, -0.1) is 0 Å². The first-order chi connectivity index (χ1) is 10.7. The van der Waals surface area contributed by atoms with Gasteiger partial charge in [-0.2, -0.15) is 0 Å². The lowest BCUT2D eigenvalue weighted by Crippen LogP contribution is -2.14. The third-order valence-electron chi connectivity index (χ3n) is 2.94. The molecule has 1 aromatic heterocycles. The van der Waals surface area contributed by atoms with E-state index in [-0.39, 0.29) is 12.3 Å². The van der Waals surface area contributed by atoms with Crippen LogP contribution in [0.4, 0.5) is 5.13 Å². The Hall–Kier alpha value is -2.11. The van der Waals surface area contributed by atoms with Gasteiger partial charge in [-0.3, -0.25) is 4.79 Å². The minimum absolute atomic E-state index is 0.124. The average molecular weight is 333 g/mol. The maximum atomic E-state index is 11.9. The molecule has 0 saturated carbocycles. The van der Waals surface area contributed by atoms with Gasteiger partial charge in [0.05, 0.1) is 23.2 Å². The second kappa shape index (κ2) is 6.77. The lowest BCUT2D eigenvalue weighted by molar-refractivity contribution is -0.116. The van der Waals surface area contributed by atoms with E-state index in [0.717, 1.165) is 16.0 Å². The molecule has 3 rings (SSSR count). The minimum Gasteiger partial charge on any atom is -0.493 e. The Balaban J connectivity index is 1.54. The number of anilines is 1. The van der Waals surface area contributed by atoms with Crippen molar-refractivity contribution >= 4 is 44.2 Å². The highest BCUT2D eigenvalue weighted by Gasteiger charge is 2.08. The molecule has 3 aromatic rings. The lowest BCUT2D eigenvalue weighted by atomic mass is 10.3. The number of nitrogens with zero attached hydrogens (tertiary/aromatic N) is 1. The van der Waals surface area contributed by atoms with Gasteiger partial charge < -0.3 is 10.1 Å². The molecule has 1 amide bonds. The summed E-state index contributed by atoms with van der Waals surface area (Å²) < 4.78 is 6.44. The maximum absolute atomic E-state index is 11.9. The molecule has 0 unspecified atom stereocenters. The van der Waals surface area contributed by atoms with Crippen LogP contribution in [0, 0.1) is 0 Å². The fourth-order valence-corrected chi connectivity index (χ4v) is 3.07. The fraction of sp³-hybridized carbons (Fsp3) is 0.125. The Morgan fingerprint density at radius 1 is 1.23 bits per heavy atom. The van der Waals surface area contributed by atoms with E-state index in [9.17, 15) is 4.79 Å². The van der Waals surface area contributed by atoms with Gasteiger partial charge in [0, 0.05) is 5.02 Å². The van der Waals surface area contributed by atoms with Crippen molar-refractivity contribution in [3.63, 3.8) is 0 Å². The summed E-state index contributed by atoms with van der Waals surface area (Å²) in [5, 5.41) is 4.01. The highest BCUT2D eigenvalue weighted by atomic mass is 35.5. The first-order valence-electron chi connectivity index (χ1n) is 6.74. The van der Waals surface area contributed by atoms with Crippen molar-refractivity contribution in [3.05, 3.63) is 53.6 Å². The zero-order valence-electron chi connectivity index (χ0n) is 11.6.